The number of hydrogen-bond acceptors (Lipinski definition) is 5. The number of carbonyl (C=O) groups excluding carboxylic acids is 1. The van der Waals surface area contributed by atoms with Crippen molar-refractivity contribution in [2.24, 2.45) is 5.92 Å². The Morgan fingerprint density at radius 2 is 1.97 bits per heavy atom. The maximum Gasteiger partial charge on any atom is 0.434 e. The predicted octanol–water partition coefficient (Wildman–Crippen LogP) is 4.67. The molecule has 6 nitrogen and oxygen atoms in total. The number of aromatic nitrogens is 2. The molecule has 1 fully saturated rings. The molecule has 1 aliphatic heterocycles. The maximum absolute atomic E-state index is 13.6. The number of benzene rings is 1. The van der Waals surface area contributed by atoms with Crippen molar-refractivity contribution in [1.29, 1.82) is 0 Å². The van der Waals surface area contributed by atoms with Crippen LogP contribution >= 0.6 is 11.6 Å². The summed E-state index contributed by atoms with van der Waals surface area (Å²) in [6.07, 6.45) is -2.41. The lowest BCUT2D eigenvalue weighted by Crippen LogP contribution is -2.33. The van der Waals surface area contributed by atoms with E-state index in [1.807, 2.05) is 0 Å². The molecule has 2 N–H and O–H groups in total. The number of carbonyl (C=O) groups is 1. The topological polar surface area (TPSA) is 76.1 Å². The van der Waals surface area contributed by atoms with Crippen LogP contribution < -0.4 is 10.6 Å². The Hall–Kier alpha value is -2.39. The third kappa shape index (κ3) is 5.20. The number of halogens is 4. The molecule has 0 aliphatic carbocycles. The van der Waals surface area contributed by atoms with Gasteiger partial charge in [0.1, 0.15) is 0 Å². The SMILES string of the molecule is Cc1ccc(Cl)c(C)c1Nc1ncc(C(=O)NCC2CCOCC2)c(C(F)(F)F)n1. The number of hydrogen-bond donors (Lipinski definition) is 2. The second-order valence-corrected chi connectivity index (χ2v) is 7.62. The first kappa shape index (κ1) is 22.3. The molecule has 0 unspecified atom stereocenters. The summed E-state index contributed by atoms with van der Waals surface area (Å²) in [4.78, 5) is 19.9. The Morgan fingerprint density at radius 3 is 2.63 bits per heavy atom. The van der Waals surface area contributed by atoms with Gasteiger partial charge in [0.25, 0.3) is 5.91 Å². The summed E-state index contributed by atoms with van der Waals surface area (Å²) in [5, 5.41) is 5.82. The zero-order chi connectivity index (χ0) is 21.9. The molecule has 1 saturated heterocycles. The van der Waals surface area contributed by atoms with Crippen LogP contribution in [-0.2, 0) is 10.9 Å². The van der Waals surface area contributed by atoms with Crippen molar-refractivity contribution >= 4 is 29.1 Å². The van der Waals surface area contributed by atoms with Gasteiger partial charge < -0.3 is 15.4 Å². The molecule has 1 aliphatic rings. The number of amides is 1. The summed E-state index contributed by atoms with van der Waals surface area (Å²) < 4.78 is 46.1. The van der Waals surface area contributed by atoms with E-state index in [0.717, 1.165) is 24.6 Å². The molecule has 3 rings (SSSR count). The molecule has 10 heteroatoms. The van der Waals surface area contributed by atoms with Gasteiger partial charge in [0.2, 0.25) is 5.95 Å². The molecular formula is C20H22ClF3N4O2. The van der Waals surface area contributed by atoms with Gasteiger partial charge in [-0.05, 0) is 49.8 Å². The highest BCUT2D eigenvalue weighted by atomic mass is 35.5. The molecule has 0 saturated carbocycles. The third-order valence-corrected chi connectivity index (χ3v) is 5.45. The van der Waals surface area contributed by atoms with E-state index in [9.17, 15) is 18.0 Å². The number of rotatable bonds is 5. The van der Waals surface area contributed by atoms with Gasteiger partial charge in [-0.2, -0.15) is 13.2 Å². The summed E-state index contributed by atoms with van der Waals surface area (Å²) in [6.45, 7) is 4.97. The van der Waals surface area contributed by atoms with Crippen LogP contribution in [0.2, 0.25) is 5.02 Å². The minimum absolute atomic E-state index is 0.174. The summed E-state index contributed by atoms with van der Waals surface area (Å²) in [5.74, 6) is -0.945. The molecule has 2 heterocycles. The van der Waals surface area contributed by atoms with E-state index < -0.39 is 23.3 Å². The number of anilines is 2. The number of alkyl halides is 3. The van der Waals surface area contributed by atoms with Gasteiger partial charge in [-0.3, -0.25) is 4.79 Å². The first-order valence-electron chi connectivity index (χ1n) is 9.49. The number of aryl methyl sites for hydroxylation is 1. The number of nitrogens with one attached hydrogen (secondary N) is 2. The predicted molar refractivity (Wildman–Crippen MR) is 107 cm³/mol. The van der Waals surface area contributed by atoms with Gasteiger partial charge in [-0.15, -0.1) is 0 Å². The third-order valence-electron chi connectivity index (χ3n) is 5.04. The second-order valence-electron chi connectivity index (χ2n) is 7.21. The van der Waals surface area contributed by atoms with Crippen molar-refractivity contribution < 1.29 is 22.7 Å². The Labute approximate surface area is 177 Å². The standard InChI is InChI=1S/C20H22ClF3N4O2/c1-11-3-4-15(21)12(2)16(11)27-19-26-10-14(17(28-19)20(22,23)24)18(29)25-9-13-5-7-30-8-6-13/h3-4,10,13H,5-9H2,1-2H3,(H,25,29)(H,26,27,28). The highest BCUT2D eigenvalue weighted by molar-refractivity contribution is 6.31. The Morgan fingerprint density at radius 1 is 1.27 bits per heavy atom. The quantitative estimate of drug-likeness (QED) is 0.704. The normalized spacial score (nSPS) is 15.1. The lowest BCUT2D eigenvalue weighted by Gasteiger charge is -2.22. The molecule has 0 spiro atoms. The van der Waals surface area contributed by atoms with Crippen LogP contribution in [0.25, 0.3) is 0 Å². The largest absolute Gasteiger partial charge is 0.434 e. The monoisotopic (exact) mass is 442 g/mol. The zero-order valence-corrected chi connectivity index (χ0v) is 17.3. The van der Waals surface area contributed by atoms with E-state index in [4.69, 9.17) is 16.3 Å². The highest BCUT2D eigenvalue weighted by Crippen LogP contribution is 2.33. The van der Waals surface area contributed by atoms with Crippen molar-refractivity contribution in [2.75, 3.05) is 25.1 Å². The van der Waals surface area contributed by atoms with Crippen LogP contribution in [0.4, 0.5) is 24.8 Å². The van der Waals surface area contributed by atoms with Crippen molar-refractivity contribution in [1.82, 2.24) is 15.3 Å². The van der Waals surface area contributed by atoms with Crippen LogP contribution in [-0.4, -0.2) is 35.6 Å². The van der Waals surface area contributed by atoms with Crippen LogP contribution in [0.5, 0.6) is 0 Å². The Balaban J connectivity index is 1.83. The fraction of sp³-hybridized carbons (Fsp3) is 0.450. The first-order valence-corrected chi connectivity index (χ1v) is 9.87. The maximum atomic E-state index is 13.6. The molecule has 162 valence electrons. The minimum atomic E-state index is -4.82. The Bertz CT molecular complexity index is 931. The van der Waals surface area contributed by atoms with Gasteiger partial charge >= 0.3 is 6.18 Å². The van der Waals surface area contributed by atoms with Gasteiger partial charge in [-0.1, -0.05) is 17.7 Å². The molecule has 2 aromatic rings. The van der Waals surface area contributed by atoms with Crippen molar-refractivity contribution in [2.45, 2.75) is 32.9 Å². The molecule has 30 heavy (non-hydrogen) atoms. The van der Waals surface area contributed by atoms with Gasteiger partial charge in [0.15, 0.2) is 5.69 Å². The van der Waals surface area contributed by atoms with Crippen LogP contribution in [0, 0.1) is 19.8 Å². The van der Waals surface area contributed by atoms with E-state index in [1.165, 1.54) is 0 Å². The zero-order valence-electron chi connectivity index (χ0n) is 16.6. The molecule has 0 atom stereocenters. The van der Waals surface area contributed by atoms with Crippen LogP contribution in [0.15, 0.2) is 18.3 Å². The molecular weight excluding hydrogens is 421 g/mol. The first-order chi connectivity index (χ1) is 14.2. The van der Waals surface area contributed by atoms with E-state index in [-0.39, 0.29) is 18.4 Å². The fourth-order valence-corrected chi connectivity index (χ4v) is 3.39. The van der Waals surface area contributed by atoms with Gasteiger partial charge in [-0.25, -0.2) is 9.97 Å². The van der Waals surface area contributed by atoms with Crippen molar-refractivity contribution in [3.63, 3.8) is 0 Å². The van der Waals surface area contributed by atoms with Crippen molar-refractivity contribution in [3.05, 3.63) is 45.7 Å². The van der Waals surface area contributed by atoms with Gasteiger partial charge in [0.05, 0.1) is 5.56 Å². The molecule has 1 aromatic carbocycles. The van der Waals surface area contributed by atoms with E-state index in [1.54, 1.807) is 26.0 Å². The smallest absolute Gasteiger partial charge is 0.381 e. The lowest BCUT2D eigenvalue weighted by atomic mass is 10.0. The summed E-state index contributed by atoms with van der Waals surface area (Å²) in [6, 6.07) is 3.44. The average molecular weight is 443 g/mol. The molecule has 0 bridgehead atoms. The van der Waals surface area contributed by atoms with Crippen LogP contribution in [0.3, 0.4) is 0 Å². The van der Waals surface area contributed by atoms with Crippen LogP contribution in [0.1, 0.15) is 40.0 Å². The van der Waals surface area contributed by atoms with E-state index >= 15 is 0 Å². The number of nitrogens with zero attached hydrogens (tertiary/aromatic N) is 2. The van der Waals surface area contributed by atoms with Gasteiger partial charge in [0, 0.05) is 36.7 Å². The van der Waals surface area contributed by atoms with Crippen molar-refractivity contribution in [3.8, 4) is 0 Å². The van der Waals surface area contributed by atoms with E-state index in [2.05, 4.69) is 20.6 Å². The molecule has 1 amide bonds. The fourth-order valence-electron chi connectivity index (χ4n) is 3.23. The summed E-state index contributed by atoms with van der Waals surface area (Å²) in [7, 11) is 0. The lowest BCUT2D eigenvalue weighted by molar-refractivity contribution is -0.141. The molecule has 1 aromatic heterocycles. The minimum Gasteiger partial charge on any atom is -0.381 e. The molecule has 0 radical (unpaired) electrons. The average Bonchev–Trinajstić information content (AvgIpc) is 2.72. The summed E-state index contributed by atoms with van der Waals surface area (Å²) in [5.41, 5.74) is 0.0493. The highest BCUT2D eigenvalue weighted by Gasteiger charge is 2.38. The second kappa shape index (κ2) is 9.18. The number of ether oxygens (including phenoxy) is 1. The Kier molecular flexibility index (Phi) is 6.82. The van der Waals surface area contributed by atoms with E-state index in [0.29, 0.717) is 29.5 Å². The summed E-state index contributed by atoms with van der Waals surface area (Å²) >= 11 is 6.10.